The number of nitrogens with one attached hydrogen (secondary N) is 2. The lowest BCUT2D eigenvalue weighted by molar-refractivity contribution is -0.141. The number of carbonyl (C=O) groups excluding carboxylic acids is 3. The highest BCUT2D eigenvalue weighted by Gasteiger charge is 2.45. The molecule has 2 atom stereocenters. The molecule has 13 heteroatoms. The summed E-state index contributed by atoms with van der Waals surface area (Å²) >= 11 is 0. The molecule has 1 fully saturated rings. The minimum absolute atomic E-state index is 0.121. The van der Waals surface area contributed by atoms with Gasteiger partial charge in [-0.3, -0.25) is 24.6 Å². The Labute approximate surface area is 232 Å². The highest BCUT2D eigenvalue weighted by atomic mass is 32.2. The Hall–Kier alpha value is -4.10. The number of nitrogens with zero attached hydrogens (tertiary/aromatic N) is 2. The molecule has 0 bridgehead atoms. The average molecular weight is 572 g/mol. The topological polar surface area (TPSA) is 191 Å². The lowest BCUT2D eigenvalue weighted by atomic mass is 10.0. The van der Waals surface area contributed by atoms with Crippen molar-refractivity contribution in [3.05, 3.63) is 65.7 Å². The van der Waals surface area contributed by atoms with E-state index in [0.29, 0.717) is 12.8 Å². The quantitative estimate of drug-likeness (QED) is 0.185. The third-order valence-corrected chi connectivity index (χ3v) is 8.06. The van der Waals surface area contributed by atoms with Crippen molar-refractivity contribution in [1.82, 2.24) is 14.5 Å². The second kappa shape index (κ2) is 12.8. The Bertz CT molecular complexity index is 1380. The van der Waals surface area contributed by atoms with Gasteiger partial charge >= 0.3 is 5.97 Å². The molecule has 3 rings (SSSR count). The number of aliphatic carboxylic acids is 1. The second-order valence-corrected chi connectivity index (χ2v) is 11.6. The van der Waals surface area contributed by atoms with Crippen LogP contribution in [-0.2, 0) is 24.4 Å². The number of likely N-dealkylation sites (tertiary alicyclic amines) is 1. The number of carboxylic acids is 1. The Kier molecular flexibility index (Phi) is 9.77. The van der Waals surface area contributed by atoms with Crippen LogP contribution in [0.4, 0.5) is 0 Å². The minimum atomic E-state index is -4.67. The SMILES string of the molecule is CC(C)CC(N)C(=O)N1CCC[C@H]1C(=O)N(C(=O)c1ccc(C(=N)NCC(=O)O)cc1)S(=O)(=O)c1ccccc1. The fourth-order valence-corrected chi connectivity index (χ4v) is 5.83. The average Bonchev–Trinajstić information content (AvgIpc) is 3.41. The molecule has 0 radical (unpaired) electrons. The fourth-order valence-electron chi connectivity index (χ4n) is 4.43. The monoisotopic (exact) mass is 571 g/mol. The summed E-state index contributed by atoms with van der Waals surface area (Å²) in [6, 6.07) is 10.1. The first-order valence-electron chi connectivity index (χ1n) is 12.7. The number of imide groups is 1. The lowest BCUT2D eigenvalue weighted by Gasteiger charge is -2.30. The van der Waals surface area contributed by atoms with Gasteiger partial charge in [0.25, 0.3) is 21.8 Å². The summed E-state index contributed by atoms with van der Waals surface area (Å²) in [5, 5.41) is 19.1. The zero-order valence-corrected chi connectivity index (χ0v) is 23.1. The number of sulfonamides is 1. The van der Waals surface area contributed by atoms with E-state index in [1.165, 1.54) is 53.4 Å². The Morgan fingerprint density at radius 3 is 2.25 bits per heavy atom. The van der Waals surface area contributed by atoms with Gasteiger partial charge < -0.3 is 21.1 Å². The van der Waals surface area contributed by atoms with Crippen LogP contribution in [-0.4, -0.2) is 77.4 Å². The van der Waals surface area contributed by atoms with Crippen molar-refractivity contribution < 1.29 is 32.7 Å². The molecule has 3 amide bonds. The zero-order valence-electron chi connectivity index (χ0n) is 22.2. The van der Waals surface area contributed by atoms with E-state index < -0.39 is 52.3 Å². The maximum atomic E-state index is 13.9. The van der Waals surface area contributed by atoms with Crippen molar-refractivity contribution in [3.8, 4) is 0 Å². The minimum Gasteiger partial charge on any atom is -0.480 e. The van der Waals surface area contributed by atoms with Gasteiger partial charge in [0.05, 0.1) is 10.9 Å². The number of carboxylic acid groups (broad SMARTS) is 1. The van der Waals surface area contributed by atoms with Gasteiger partial charge in [-0.05, 0) is 49.4 Å². The van der Waals surface area contributed by atoms with E-state index in [1.54, 1.807) is 6.07 Å². The molecular weight excluding hydrogens is 538 g/mol. The van der Waals surface area contributed by atoms with Crippen molar-refractivity contribution in [2.75, 3.05) is 13.1 Å². The summed E-state index contributed by atoms with van der Waals surface area (Å²) in [5.74, 6) is -3.93. The predicted octanol–water partition coefficient (Wildman–Crippen LogP) is 1.41. The maximum Gasteiger partial charge on any atom is 0.322 e. The first kappa shape index (κ1) is 30.4. The summed E-state index contributed by atoms with van der Waals surface area (Å²) in [5.41, 5.74) is 6.17. The molecule has 1 saturated heterocycles. The molecular formula is C27H33N5O7S. The van der Waals surface area contributed by atoms with E-state index in [9.17, 15) is 27.6 Å². The highest BCUT2D eigenvalue weighted by molar-refractivity contribution is 7.90. The number of amides is 3. The van der Waals surface area contributed by atoms with E-state index in [4.69, 9.17) is 16.2 Å². The van der Waals surface area contributed by atoms with E-state index in [2.05, 4.69) is 5.32 Å². The van der Waals surface area contributed by atoms with Crippen LogP contribution in [0.3, 0.4) is 0 Å². The Morgan fingerprint density at radius 1 is 1.07 bits per heavy atom. The number of amidine groups is 1. The van der Waals surface area contributed by atoms with Crippen LogP contribution in [0, 0.1) is 11.3 Å². The first-order chi connectivity index (χ1) is 18.8. The summed E-state index contributed by atoms with van der Waals surface area (Å²) < 4.78 is 27.6. The van der Waals surface area contributed by atoms with Gasteiger partial charge in [-0.15, -0.1) is 0 Å². The molecule has 1 aliphatic rings. The molecule has 2 aromatic carbocycles. The molecule has 214 valence electrons. The van der Waals surface area contributed by atoms with E-state index in [0.717, 1.165) is 0 Å². The van der Waals surface area contributed by atoms with Crippen LogP contribution in [0.1, 0.15) is 49.0 Å². The summed E-state index contributed by atoms with van der Waals surface area (Å²) in [4.78, 5) is 52.4. The second-order valence-electron chi connectivity index (χ2n) is 9.85. The van der Waals surface area contributed by atoms with Crippen molar-refractivity contribution in [3.63, 3.8) is 0 Å². The van der Waals surface area contributed by atoms with Crippen LogP contribution in [0.25, 0.3) is 0 Å². The van der Waals surface area contributed by atoms with Crippen molar-refractivity contribution in [2.24, 2.45) is 11.7 Å². The highest BCUT2D eigenvalue weighted by Crippen LogP contribution is 2.26. The van der Waals surface area contributed by atoms with Crippen molar-refractivity contribution >= 4 is 39.5 Å². The van der Waals surface area contributed by atoms with Gasteiger partial charge in [-0.25, -0.2) is 8.42 Å². The number of hydrogen-bond donors (Lipinski definition) is 4. The molecule has 2 aromatic rings. The fraction of sp³-hybridized carbons (Fsp3) is 0.370. The summed E-state index contributed by atoms with van der Waals surface area (Å²) in [7, 11) is -4.67. The lowest BCUT2D eigenvalue weighted by Crippen LogP contribution is -2.54. The van der Waals surface area contributed by atoms with Gasteiger partial charge in [0.15, 0.2) is 0 Å². The van der Waals surface area contributed by atoms with Crippen LogP contribution < -0.4 is 11.1 Å². The molecule has 0 saturated carbocycles. The van der Waals surface area contributed by atoms with E-state index in [1.807, 2.05) is 13.8 Å². The van der Waals surface area contributed by atoms with Crippen LogP contribution in [0.5, 0.6) is 0 Å². The van der Waals surface area contributed by atoms with Gasteiger partial charge in [-0.2, -0.15) is 4.31 Å². The maximum absolute atomic E-state index is 13.9. The Morgan fingerprint density at radius 2 is 1.68 bits per heavy atom. The van der Waals surface area contributed by atoms with Crippen LogP contribution in [0.15, 0.2) is 59.5 Å². The molecule has 0 spiro atoms. The first-order valence-corrected chi connectivity index (χ1v) is 14.2. The van der Waals surface area contributed by atoms with Crippen LogP contribution >= 0.6 is 0 Å². The van der Waals surface area contributed by atoms with Gasteiger partial charge in [-0.1, -0.05) is 44.2 Å². The largest absolute Gasteiger partial charge is 0.480 e. The molecule has 40 heavy (non-hydrogen) atoms. The molecule has 1 heterocycles. The van der Waals surface area contributed by atoms with Gasteiger partial charge in [0.2, 0.25) is 5.91 Å². The molecule has 0 aliphatic carbocycles. The number of benzene rings is 2. The van der Waals surface area contributed by atoms with Crippen LogP contribution in [0.2, 0.25) is 0 Å². The molecule has 5 N–H and O–H groups in total. The van der Waals surface area contributed by atoms with Crippen molar-refractivity contribution in [1.29, 1.82) is 5.41 Å². The number of rotatable bonds is 10. The standard InChI is InChI=1S/C27H33N5O7S/c1-17(2)15-21(28)26(36)31-14-6-9-22(31)27(37)32(40(38,39)20-7-4-3-5-8-20)25(35)19-12-10-18(11-13-19)24(29)30-16-23(33)34/h3-5,7-8,10-13,17,21-22H,6,9,14-16,28H2,1-2H3,(H2,29,30)(H,33,34)/t21?,22-/m0/s1. The van der Waals surface area contributed by atoms with Gasteiger partial charge in [0, 0.05) is 17.7 Å². The smallest absolute Gasteiger partial charge is 0.322 e. The third-order valence-electron chi connectivity index (χ3n) is 6.37. The molecule has 1 aliphatic heterocycles. The number of carbonyl (C=O) groups is 4. The Balaban J connectivity index is 1.98. The molecule has 0 aromatic heterocycles. The molecule has 12 nitrogen and oxygen atoms in total. The van der Waals surface area contributed by atoms with Gasteiger partial charge in [0.1, 0.15) is 18.4 Å². The predicted molar refractivity (Wildman–Crippen MR) is 146 cm³/mol. The summed E-state index contributed by atoms with van der Waals surface area (Å²) in [6.45, 7) is 3.52. The van der Waals surface area contributed by atoms with E-state index >= 15 is 0 Å². The zero-order chi connectivity index (χ0) is 29.6. The molecule has 1 unspecified atom stereocenters. The summed E-state index contributed by atoms with van der Waals surface area (Å²) in [6.07, 6.45) is 0.979. The van der Waals surface area contributed by atoms with Crippen molar-refractivity contribution in [2.45, 2.75) is 50.1 Å². The normalized spacial score (nSPS) is 15.9. The van der Waals surface area contributed by atoms with E-state index in [-0.39, 0.29) is 45.0 Å². The third kappa shape index (κ3) is 6.90. The number of hydrogen-bond acceptors (Lipinski definition) is 8. The number of nitrogens with two attached hydrogens (primary N) is 1.